The van der Waals surface area contributed by atoms with E-state index in [-0.39, 0.29) is 30.0 Å². The summed E-state index contributed by atoms with van der Waals surface area (Å²) in [5.74, 6) is 1.22. The first-order chi connectivity index (χ1) is 14.4. The first kappa shape index (κ1) is 25.7. The molecule has 1 aromatic carbocycles. The molecule has 2 N–H and O–H groups in total. The molecule has 0 amide bonds. The van der Waals surface area contributed by atoms with Gasteiger partial charge in [0.1, 0.15) is 6.07 Å². The zero-order valence-corrected chi connectivity index (χ0v) is 21.4. The Labute approximate surface area is 203 Å². The molecule has 3 rings (SSSR count). The molecule has 31 heavy (non-hydrogen) atoms. The van der Waals surface area contributed by atoms with Gasteiger partial charge in [-0.3, -0.25) is 4.99 Å². The van der Waals surface area contributed by atoms with Crippen LogP contribution in [0.1, 0.15) is 31.2 Å². The molecule has 2 aliphatic rings. The minimum atomic E-state index is -3.09. The highest BCUT2D eigenvalue weighted by Crippen LogP contribution is 2.23. The van der Waals surface area contributed by atoms with E-state index in [0.29, 0.717) is 24.6 Å². The number of halogens is 1. The Balaban J connectivity index is 0.00000341. The van der Waals surface area contributed by atoms with Crippen molar-refractivity contribution in [3.05, 3.63) is 29.8 Å². The van der Waals surface area contributed by atoms with Crippen LogP contribution in [0.15, 0.2) is 29.3 Å². The second kappa shape index (κ2) is 11.9. The van der Waals surface area contributed by atoms with Crippen molar-refractivity contribution in [3.63, 3.8) is 0 Å². The van der Waals surface area contributed by atoms with E-state index in [1.807, 2.05) is 24.3 Å². The molecular weight excluding hydrogens is 527 g/mol. The lowest BCUT2D eigenvalue weighted by Crippen LogP contribution is -2.52. The number of nitrogens with one attached hydrogen (secondary N) is 2. The Morgan fingerprint density at radius 2 is 1.94 bits per heavy atom. The molecule has 8 nitrogen and oxygen atoms in total. The Morgan fingerprint density at radius 1 is 1.23 bits per heavy atom. The Kier molecular flexibility index (Phi) is 9.84. The third-order valence-electron chi connectivity index (χ3n) is 5.95. The normalized spacial score (nSPS) is 21.1. The second-order valence-electron chi connectivity index (χ2n) is 8.12. The summed E-state index contributed by atoms with van der Waals surface area (Å²) < 4.78 is 24.9. The number of para-hydroxylation sites is 1. The quantitative estimate of drug-likeness (QED) is 0.325. The molecule has 2 fully saturated rings. The van der Waals surface area contributed by atoms with E-state index in [0.717, 1.165) is 57.0 Å². The summed E-state index contributed by atoms with van der Waals surface area (Å²) >= 11 is 0. The van der Waals surface area contributed by atoms with Gasteiger partial charge in [0.2, 0.25) is 10.0 Å². The maximum atomic E-state index is 11.7. The average molecular weight is 561 g/mol. The van der Waals surface area contributed by atoms with E-state index < -0.39 is 10.0 Å². The van der Waals surface area contributed by atoms with Crippen LogP contribution in [0.25, 0.3) is 0 Å². The van der Waals surface area contributed by atoms with Gasteiger partial charge in [-0.25, -0.2) is 12.7 Å². The van der Waals surface area contributed by atoms with Gasteiger partial charge in [0.25, 0.3) is 0 Å². The topological polar surface area (TPSA) is 101 Å². The number of nitriles is 1. The third-order valence-corrected chi connectivity index (χ3v) is 7.25. The maximum Gasteiger partial charge on any atom is 0.211 e. The van der Waals surface area contributed by atoms with Crippen LogP contribution >= 0.6 is 24.0 Å². The Hall–Kier alpha value is -1.58. The molecule has 0 spiro atoms. The first-order valence-corrected chi connectivity index (χ1v) is 12.4. The van der Waals surface area contributed by atoms with Gasteiger partial charge < -0.3 is 15.5 Å². The van der Waals surface area contributed by atoms with E-state index >= 15 is 0 Å². The third kappa shape index (κ3) is 7.22. The number of benzene rings is 1. The largest absolute Gasteiger partial charge is 0.368 e. The summed E-state index contributed by atoms with van der Waals surface area (Å²) in [7, 11) is -1.31. The van der Waals surface area contributed by atoms with Crippen LogP contribution in [0.2, 0.25) is 0 Å². The fraction of sp³-hybridized carbons (Fsp3) is 0.619. The van der Waals surface area contributed by atoms with E-state index in [4.69, 9.17) is 0 Å². The molecule has 2 heterocycles. The van der Waals surface area contributed by atoms with E-state index in [1.165, 1.54) is 6.26 Å². The van der Waals surface area contributed by atoms with Crippen LogP contribution in [0.4, 0.5) is 5.69 Å². The van der Waals surface area contributed by atoms with Gasteiger partial charge in [-0.1, -0.05) is 12.1 Å². The maximum absolute atomic E-state index is 11.7. The number of hydrogen-bond donors (Lipinski definition) is 2. The summed E-state index contributed by atoms with van der Waals surface area (Å²) in [6.45, 7) is 3.74. The van der Waals surface area contributed by atoms with Crippen molar-refractivity contribution >= 4 is 45.6 Å². The number of aliphatic imine (C=N–C) groups is 1. The van der Waals surface area contributed by atoms with Crippen LogP contribution in [0, 0.1) is 17.2 Å². The molecule has 2 aliphatic heterocycles. The lowest BCUT2D eigenvalue weighted by Gasteiger charge is -2.36. The zero-order chi connectivity index (χ0) is 21.6. The number of rotatable bonds is 5. The van der Waals surface area contributed by atoms with Crippen molar-refractivity contribution in [2.24, 2.45) is 10.9 Å². The molecule has 0 bridgehead atoms. The van der Waals surface area contributed by atoms with Gasteiger partial charge in [0, 0.05) is 45.8 Å². The summed E-state index contributed by atoms with van der Waals surface area (Å²) in [5, 5.41) is 16.3. The van der Waals surface area contributed by atoms with Crippen LogP contribution in [0.5, 0.6) is 0 Å². The Morgan fingerprint density at radius 3 is 2.58 bits per heavy atom. The average Bonchev–Trinajstić information content (AvgIpc) is 2.76. The Bertz CT molecular complexity index is 893. The van der Waals surface area contributed by atoms with E-state index in [1.54, 1.807) is 11.4 Å². The van der Waals surface area contributed by atoms with Crippen molar-refractivity contribution in [2.75, 3.05) is 50.9 Å². The molecule has 1 unspecified atom stereocenters. The van der Waals surface area contributed by atoms with Gasteiger partial charge >= 0.3 is 0 Å². The van der Waals surface area contributed by atoms with Crippen molar-refractivity contribution in [1.29, 1.82) is 5.26 Å². The number of sulfonamides is 1. The highest BCUT2D eigenvalue weighted by Gasteiger charge is 2.26. The van der Waals surface area contributed by atoms with Crippen molar-refractivity contribution < 1.29 is 8.42 Å². The van der Waals surface area contributed by atoms with Gasteiger partial charge in [-0.2, -0.15) is 5.26 Å². The minimum absolute atomic E-state index is 0. The van der Waals surface area contributed by atoms with E-state index in [2.05, 4.69) is 26.6 Å². The van der Waals surface area contributed by atoms with Gasteiger partial charge in [0.05, 0.1) is 17.5 Å². The molecule has 0 radical (unpaired) electrons. The fourth-order valence-electron chi connectivity index (χ4n) is 4.23. The molecule has 0 saturated carbocycles. The number of nitrogens with zero attached hydrogens (tertiary/aromatic N) is 4. The van der Waals surface area contributed by atoms with Crippen LogP contribution in [-0.2, 0) is 10.0 Å². The highest BCUT2D eigenvalue weighted by molar-refractivity contribution is 14.0. The van der Waals surface area contributed by atoms with Crippen LogP contribution < -0.4 is 15.5 Å². The lowest BCUT2D eigenvalue weighted by atomic mass is 9.98. The summed E-state index contributed by atoms with van der Waals surface area (Å²) in [6.07, 6.45) is 5.11. The predicted molar refractivity (Wildman–Crippen MR) is 135 cm³/mol. The van der Waals surface area contributed by atoms with Crippen molar-refractivity contribution in [3.8, 4) is 6.07 Å². The second-order valence-corrected chi connectivity index (χ2v) is 10.1. The van der Waals surface area contributed by atoms with Crippen molar-refractivity contribution in [1.82, 2.24) is 14.9 Å². The molecule has 1 aromatic rings. The van der Waals surface area contributed by atoms with Crippen LogP contribution in [-0.4, -0.2) is 70.8 Å². The van der Waals surface area contributed by atoms with Gasteiger partial charge in [-0.05, 0) is 43.7 Å². The number of anilines is 1. The highest BCUT2D eigenvalue weighted by atomic mass is 127. The molecule has 10 heteroatoms. The van der Waals surface area contributed by atoms with E-state index in [9.17, 15) is 13.7 Å². The fourth-order valence-corrected chi connectivity index (χ4v) is 5.11. The number of piperidine rings is 2. The smallest absolute Gasteiger partial charge is 0.211 e. The molecule has 2 saturated heterocycles. The molecular formula is C21H33IN6O2S. The number of hydrogen-bond acceptors (Lipinski definition) is 5. The monoisotopic (exact) mass is 560 g/mol. The van der Waals surface area contributed by atoms with Gasteiger partial charge in [0.15, 0.2) is 5.96 Å². The predicted octanol–water partition coefficient (Wildman–Crippen LogP) is 1.98. The standard InChI is InChI=1S/C21H32N6O2S.HI/c1-23-21(24-15-17-9-12-27(13-10-17)30(2,28)29)25-19-7-5-11-26(16-19)20-8-4-3-6-18(20)14-22;/h3-4,6,8,17,19H,5,7,9-13,15-16H2,1-2H3,(H2,23,24,25);1H. The molecule has 0 aromatic heterocycles. The van der Waals surface area contributed by atoms with Crippen LogP contribution in [0.3, 0.4) is 0 Å². The van der Waals surface area contributed by atoms with Gasteiger partial charge in [-0.15, -0.1) is 24.0 Å². The number of guanidine groups is 1. The zero-order valence-electron chi connectivity index (χ0n) is 18.2. The molecule has 1 atom stereocenters. The molecule has 172 valence electrons. The minimum Gasteiger partial charge on any atom is -0.368 e. The summed E-state index contributed by atoms with van der Waals surface area (Å²) in [6, 6.07) is 10.3. The SMILES string of the molecule is CN=C(NCC1CCN(S(C)(=O)=O)CC1)NC1CCCN(c2ccccc2C#N)C1.I. The lowest BCUT2D eigenvalue weighted by molar-refractivity contribution is 0.274. The summed E-state index contributed by atoms with van der Waals surface area (Å²) in [5.41, 5.74) is 1.70. The first-order valence-electron chi connectivity index (χ1n) is 10.6. The van der Waals surface area contributed by atoms with Crippen molar-refractivity contribution in [2.45, 2.75) is 31.7 Å². The molecule has 0 aliphatic carbocycles. The summed E-state index contributed by atoms with van der Waals surface area (Å²) in [4.78, 5) is 6.64.